The average molecular weight is 183 g/mol. The molecule has 0 aromatic rings. The molecule has 2 aliphatic carbocycles. The van der Waals surface area contributed by atoms with E-state index in [0.717, 1.165) is 5.92 Å². The van der Waals surface area contributed by atoms with Crippen molar-refractivity contribution < 1.29 is 9.53 Å². The van der Waals surface area contributed by atoms with Crippen LogP contribution >= 0.6 is 0 Å². The molecule has 2 rings (SSSR count). The Morgan fingerprint density at radius 3 is 2.92 bits per heavy atom. The molecular weight excluding hydrogens is 166 g/mol. The van der Waals surface area contributed by atoms with E-state index < -0.39 is 0 Å². The molecule has 2 saturated carbocycles. The van der Waals surface area contributed by atoms with Gasteiger partial charge in [0.25, 0.3) is 0 Å². The van der Waals surface area contributed by atoms with Gasteiger partial charge in [-0.25, -0.2) is 0 Å². The lowest BCUT2D eigenvalue weighted by Crippen LogP contribution is -2.42. The molecule has 0 aromatic heterocycles. The van der Waals surface area contributed by atoms with Crippen molar-refractivity contribution in [2.24, 2.45) is 5.92 Å². The van der Waals surface area contributed by atoms with Crippen LogP contribution in [0.25, 0.3) is 0 Å². The van der Waals surface area contributed by atoms with E-state index in [9.17, 15) is 4.79 Å². The molecule has 13 heavy (non-hydrogen) atoms. The van der Waals surface area contributed by atoms with Gasteiger partial charge in [0, 0.05) is 12.6 Å². The van der Waals surface area contributed by atoms with Gasteiger partial charge in [-0.2, -0.15) is 0 Å². The maximum Gasteiger partial charge on any atom is 0.249 e. The Morgan fingerprint density at radius 2 is 2.46 bits per heavy atom. The fraction of sp³-hybridized carbons (Fsp3) is 0.900. The zero-order valence-electron chi connectivity index (χ0n) is 8.30. The number of hydrogen-bond donors (Lipinski definition) is 1. The van der Waals surface area contributed by atoms with Crippen molar-refractivity contribution in [3.05, 3.63) is 0 Å². The first-order valence-electron chi connectivity index (χ1n) is 5.03. The number of nitrogens with one attached hydrogen (secondary N) is 1. The van der Waals surface area contributed by atoms with E-state index in [4.69, 9.17) is 4.74 Å². The molecule has 0 aliphatic heterocycles. The topological polar surface area (TPSA) is 38.3 Å². The molecule has 0 bridgehead atoms. The van der Waals surface area contributed by atoms with Crippen LogP contribution in [0.2, 0.25) is 0 Å². The monoisotopic (exact) mass is 183 g/mol. The molecule has 3 unspecified atom stereocenters. The first kappa shape index (κ1) is 9.00. The molecule has 0 spiro atoms. The summed E-state index contributed by atoms with van der Waals surface area (Å²) in [5.74, 6) is 0.812. The van der Waals surface area contributed by atoms with Crippen molar-refractivity contribution in [2.75, 3.05) is 7.11 Å². The quantitative estimate of drug-likeness (QED) is 0.711. The Morgan fingerprint density at radius 1 is 1.69 bits per heavy atom. The van der Waals surface area contributed by atoms with Crippen LogP contribution in [0, 0.1) is 5.92 Å². The third-order valence-electron chi connectivity index (χ3n) is 3.50. The SMILES string of the molecule is COC(C)C(=O)NC12CCCC1C2. The van der Waals surface area contributed by atoms with Gasteiger partial charge in [0.1, 0.15) is 6.10 Å². The molecule has 1 amide bonds. The predicted octanol–water partition coefficient (Wildman–Crippen LogP) is 1.08. The lowest BCUT2D eigenvalue weighted by Gasteiger charge is -2.17. The molecule has 0 aromatic carbocycles. The van der Waals surface area contributed by atoms with Crippen molar-refractivity contribution >= 4 is 5.91 Å². The highest BCUT2D eigenvalue weighted by atomic mass is 16.5. The standard InChI is InChI=1S/C10H17NO2/c1-7(13-2)9(12)11-10-5-3-4-8(10)6-10/h7-8H,3-6H2,1-2H3,(H,11,12). The zero-order chi connectivity index (χ0) is 9.47. The molecule has 0 radical (unpaired) electrons. The van der Waals surface area contributed by atoms with Gasteiger partial charge in [0.2, 0.25) is 5.91 Å². The summed E-state index contributed by atoms with van der Waals surface area (Å²) >= 11 is 0. The zero-order valence-corrected chi connectivity index (χ0v) is 8.30. The van der Waals surface area contributed by atoms with E-state index in [-0.39, 0.29) is 17.6 Å². The first-order valence-corrected chi connectivity index (χ1v) is 5.03. The summed E-state index contributed by atoms with van der Waals surface area (Å²) in [5, 5.41) is 3.12. The fourth-order valence-corrected chi connectivity index (χ4v) is 2.40. The minimum atomic E-state index is -0.309. The maximum absolute atomic E-state index is 11.5. The number of carbonyl (C=O) groups is 1. The van der Waals surface area contributed by atoms with E-state index in [0.29, 0.717) is 0 Å². The highest BCUT2D eigenvalue weighted by Gasteiger charge is 2.57. The maximum atomic E-state index is 11.5. The molecule has 3 heteroatoms. The van der Waals surface area contributed by atoms with E-state index in [1.807, 2.05) is 0 Å². The third kappa shape index (κ3) is 1.46. The molecule has 0 heterocycles. The second kappa shape index (κ2) is 2.98. The summed E-state index contributed by atoms with van der Waals surface area (Å²) < 4.78 is 4.97. The number of amides is 1. The summed E-state index contributed by atoms with van der Waals surface area (Å²) in [5.41, 5.74) is 0.184. The van der Waals surface area contributed by atoms with E-state index >= 15 is 0 Å². The van der Waals surface area contributed by atoms with Gasteiger partial charge in [-0.3, -0.25) is 4.79 Å². The number of rotatable bonds is 3. The van der Waals surface area contributed by atoms with Crippen LogP contribution in [0.4, 0.5) is 0 Å². The van der Waals surface area contributed by atoms with Gasteiger partial charge < -0.3 is 10.1 Å². The number of hydrogen-bond acceptors (Lipinski definition) is 2. The molecule has 2 fully saturated rings. The third-order valence-corrected chi connectivity index (χ3v) is 3.50. The highest BCUT2D eigenvalue weighted by Crippen LogP contribution is 2.55. The van der Waals surface area contributed by atoms with Gasteiger partial charge in [-0.1, -0.05) is 6.42 Å². The van der Waals surface area contributed by atoms with Crippen molar-refractivity contribution in [2.45, 2.75) is 44.2 Å². The Kier molecular flexibility index (Phi) is 2.06. The van der Waals surface area contributed by atoms with Crippen molar-refractivity contribution in [1.29, 1.82) is 0 Å². The molecule has 2 aliphatic rings. The molecule has 3 atom stereocenters. The van der Waals surface area contributed by atoms with Crippen LogP contribution in [0.15, 0.2) is 0 Å². The largest absolute Gasteiger partial charge is 0.372 e. The van der Waals surface area contributed by atoms with Crippen LogP contribution in [-0.4, -0.2) is 24.7 Å². The van der Waals surface area contributed by atoms with Gasteiger partial charge >= 0.3 is 0 Å². The average Bonchev–Trinajstić information content (AvgIpc) is 2.66. The lowest BCUT2D eigenvalue weighted by molar-refractivity contribution is -0.131. The van der Waals surface area contributed by atoms with Crippen molar-refractivity contribution in [1.82, 2.24) is 5.32 Å². The van der Waals surface area contributed by atoms with Crippen LogP contribution in [0.3, 0.4) is 0 Å². The summed E-state index contributed by atoms with van der Waals surface area (Å²) in [6, 6.07) is 0. The molecule has 74 valence electrons. The Balaban J connectivity index is 1.88. The normalized spacial score (nSPS) is 38.2. The van der Waals surface area contributed by atoms with E-state index in [1.54, 1.807) is 14.0 Å². The number of fused-ring (bicyclic) bond motifs is 1. The Bertz CT molecular complexity index is 229. The number of methoxy groups -OCH3 is 1. The minimum absolute atomic E-state index is 0.0481. The lowest BCUT2D eigenvalue weighted by atomic mass is 10.2. The van der Waals surface area contributed by atoms with Gasteiger partial charge in [-0.05, 0) is 32.1 Å². The van der Waals surface area contributed by atoms with Crippen LogP contribution in [0.5, 0.6) is 0 Å². The Labute approximate surface area is 78.8 Å². The van der Waals surface area contributed by atoms with E-state index in [2.05, 4.69) is 5.32 Å². The minimum Gasteiger partial charge on any atom is -0.372 e. The van der Waals surface area contributed by atoms with Crippen LogP contribution in [0.1, 0.15) is 32.6 Å². The van der Waals surface area contributed by atoms with Crippen molar-refractivity contribution in [3.8, 4) is 0 Å². The molecule has 3 nitrogen and oxygen atoms in total. The number of carbonyl (C=O) groups excluding carboxylic acids is 1. The van der Waals surface area contributed by atoms with Gasteiger partial charge in [0.15, 0.2) is 0 Å². The summed E-state index contributed by atoms with van der Waals surface area (Å²) in [7, 11) is 1.57. The fourth-order valence-electron chi connectivity index (χ4n) is 2.40. The smallest absolute Gasteiger partial charge is 0.249 e. The predicted molar refractivity (Wildman–Crippen MR) is 49.3 cm³/mol. The first-order chi connectivity index (χ1) is 6.18. The number of ether oxygens (including phenoxy) is 1. The van der Waals surface area contributed by atoms with Gasteiger partial charge in [-0.15, -0.1) is 0 Å². The highest BCUT2D eigenvalue weighted by molar-refractivity contribution is 5.81. The second-order valence-electron chi connectivity index (χ2n) is 4.32. The van der Waals surface area contributed by atoms with Crippen molar-refractivity contribution in [3.63, 3.8) is 0 Å². The molecule has 1 N–H and O–H groups in total. The van der Waals surface area contributed by atoms with Crippen LogP contribution in [-0.2, 0) is 9.53 Å². The van der Waals surface area contributed by atoms with Crippen LogP contribution < -0.4 is 5.32 Å². The summed E-state index contributed by atoms with van der Waals surface area (Å²) in [6.45, 7) is 1.79. The van der Waals surface area contributed by atoms with Gasteiger partial charge in [0.05, 0.1) is 0 Å². The molecular formula is C10H17NO2. The Hall–Kier alpha value is -0.570. The second-order valence-corrected chi connectivity index (χ2v) is 4.32. The summed E-state index contributed by atoms with van der Waals surface area (Å²) in [6.07, 6.45) is 4.61. The molecule has 0 saturated heterocycles. The summed E-state index contributed by atoms with van der Waals surface area (Å²) in [4.78, 5) is 11.5. The van der Waals surface area contributed by atoms with E-state index in [1.165, 1.54) is 25.7 Å².